The third-order valence-corrected chi connectivity index (χ3v) is 5.19. The maximum atomic E-state index is 12.7. The second-order valence-electron chi connectivity index (χ2n) is 7.32. The number of hydrogen-bond acceptors (Lipinski definition) is 4. The Balaban J connectivity index is 2.04. The van der Waals surface area contributed by atoms with Gasteiger partial charge in [0, 0.05) is 20.6 Å². The minimum Gasteiger partial charge on any atom is -0.493 e. The number of carbonyl (C=O) groups excluding carboxylic acids is 2. The maximum absolute atomic E-state index is 12.7. The first-order valence-electron chi connectivity index (χ1n) is 10.1. The van der Waals surface area contributed by atoms with Gasteiger partial charge < -0.3 is 10.1 Å². The largest absolute Gasteiger partial charge is 0.493 e. The highest BCUT2D eigenvalue weighted by atomic mass is 79.9. The van der Waals surface area contributed by atoms with Crippen molar-refractivity contribution >= 4 is 45.6 Å². The summed E-state index contributed by atoms with van der Waals surface area (Å²) in [5.74, 6) is -0.207. The first-order valence-corrected chi connectivity index (χ1v) is 11.3. The number of hydrogen-bond donors (Lipinski definition) is 2. The van der Waals surface area contributed by atoms with Crippen molar-refractivity contribution < 1.29 is 14.3 Å². The number of halogens is 2. The van der Waals surface area contributed by atoms with Gasteiger partial charge in [-0.25, -0.2) is 5.43 Å². The number of amides is 2. The lowest BCUT2D eigenvalue weighted by Crippen LogP contribution is -2.48. The zero-order valence-electron chi connectivity index (χ0n) is 17.8. The van der Waals surface area contributed by atoms with Crippen LogP contribution in [0.3, 0.4) is 0 Å². The number of rotatable bonds is 10. The molecule has 2 N–H and O–H groups in total. The molecule has 0 aliphatic rings. The Morgan fingerprint density at radius 1 is 1.19 bits per heavy atom. The fourth-order valence-corrected chi connectivity index (χ4v) is 3.18. The molecule has 2 aromatic carbocycles. The van der Waals surface area contributed by atoms with E-state index in [0.29, 0.717) is 22.9 Å². The fourth-order valence-electron chi connectivity index (χ4n) is 2.67. The van der Waals surface area contributed by atoms with Crippen LogP contribution in [-0.2, 0) is 4.79 Å². The number of nitrogens with one attached hydrogen (secondary N) is 2. The van der Waals surface area contributed by atoms with Crippen LogP contribution in [-0.4, -0.2) is 30.7 Å². The molecular formula is C23H27BrClN3O3. The molecule has 31 heavy (non-hydrogen) atoms. The number of hydrazone groups is 1. The molecule has 1 atom stereocenters. The summed E-state index contributed by atoms with van der Waals surface area (Å²) in [6.07, 6.45) is 3.52. The van der Waals surface area contributed by atoms with Crippen LogP contribution < -0.4 is 15.5 Å². The topological polar surface area (TPSA) is 79.8 Å². The van der Waals surface area contributed by atoms with Crippen molar-refractivity contribution in [2.24, 2.45) is 11.0 Å². The molecule has 0 saturated heterocycles. The van der Waals surface area contributed by atoms with Gasteiger partial charge in [0.05, 0.1) is 12.8 Å². The van der Waals surface area contributed by atoms with Crippen LogP contribution in [0.2, 0.25) is 5.02 Å². The van der Waals surface area contributed by atoms with E-state index in [4.69, 9.17) is 16.3 Å². The van der Waals surface area contributed by atoms with Gasteiger partial charge in [0.25, 0.3) is 11.8 Å². The zero-order chi connectivity index (χ0) is 22.8. The SMILES string of the molecule is CCCCOc1ccc(Br)cc1C=NNC(=O)C(NC(=O)c1ccc(Cl)cc1)C(C)C. The molecule has 166 valence electrons. The Labute approximate surface area is 196 Å². The van der Waals surface area contributed by atoms with Gasteiger partial charge in [0.15, 0.2) is 0 Å². The van der Waals surface area contributed by atoms with Gasteiger partial charge in [0.2, 0.25) is 0 Å². The predicted octanol–water partition coefficient (Wildman–Crippen LogP) is 5.19. The summed E-state index contributed by atoms with van der Waals surface area (Å²) in [6, 6.07) is 11.3. The molecule has 0 saturated carbocycles. The normalized spacial score (nSPS) is 12.1. The summed E-state index contributed by atoms with van der Waals surface area (Å²) in [5.41, 5.74) is 3.68. The van der Waals surface area contributed by atoms with Gasteiger partial charge in [-0.3, -0.25) is 9.59 Å². The second kappa shape index (κ2) is 12.5. The van der Waals surface area contributed by atoms with Gasteiger partial charge in [-0.05, 0) is 54.8 Å². The third kappa shape index (κ3) is 7.99. The molecule has 0 aliphatic heterocycles. The average Bonchev–Trinajstić information content (AvgIpc) is 2.73. The summed E-state index contributed by atoms with van der Waals surface area (Å²) in [5, 5.41) is 7.36. The highest BCUT2D eigenvalue weighted by Crippen LogP contribution is 2.22. The Hall–Kier alpha value is -2.38. The minimum atomic E-state index is -0.747. The quantitative estimate of drug-likeness (QED) is 0.263. The molecule has 0 aromatic heterocycles. The van der Waals surface area contributed by atoms with E-state index in [9.17, 15) is 9.59 Å². The molecule has 0 bridgehead atoms. The van der Waals surface area contributed by atoms with E-state index >= 15 is 0 Å². The fraction of sp³-hybridized carbons (Fsp3) is 0.348. The van der Waals surface area contributed by atoms with Crippen LogP contribution in [0.25, 0.3) is 0 Å². The summed E-state index contributed by atoms with van der Waals surface area (Å²) in [4.78, 5) is 25.1. The molecule has 0 fully saturated rings. The van der Waals surface area contributed by atoms with Crippen LogP contribution in [0.4, 0.5) is 0 Å². The molecule has 2 rings (SSSR count). The number of ether oxygens (including phenoxy) is 1. The maximum Gasteiger partial charge on any atom is 0.262 e. The third-order valence-electron chi connectivity index (χ3n) is 4.45. The Bertz CT molecular complexity index is 917. The van der Waals surface area contributed by atoms with Crippen molar-refractivity contribution in [1.82, 2.24) is 10.7 Å². The van der Waals surface area contributed by atoms with Crippen LogP contribution >= 0.6 is 27.5 Å². The average molecular weight is 509 g/mol. The van der Waals surface area contributed by atoms with Crippen molar-refractivity contribution in [3.05, 3.63) is 63.1 Å². The van der Waals surface area contributed by atoms with Crippen LogP contribution in [0.15, 0.2) is 52.0 Å². The lowest BCUT2D eigenvalue weighted by molar-refractivity contribution is -0.123. The molecule has 2 amide bonds. The molecular weight excluding hydrogens is 482 g/mol. The van der Waals surface area contributed by atoms with Gasteiger partial charge in [-0.15, -0.1) is 0 Å². The molecule has 0 aliphatic carbocycles. The van der Waals surface area contributed by atoms with Gasteiger partial charge >= 0.3 is 0 Å². The lowest BCUT2D eigenvalue weighted by atomic mass is 10.0. The van der Waals surface area contributed by atoms with Crippen LogP contribution in [0.5, 0.6) is 5.75 Å². The van der Waals surface area contributed by atoms with Gasteiger partial charge in [-0.2, -0.15) is 5.10 Å². The van der Waals surface area contributed by atoms with E-state index in [2.05, 4.69) is 38.7 Å². The Morgan fingerprint density at radius 3 is 2.55 bits per heavy atom. The van der Waals surface area contributed by atoms with E-state index in [-0.39, 0.29) is 11.8 Å². The highest BCUT2D eigenvalue weighted by molar-refractivity contribution is 9.10. The zero-order valence-corrected chi connectivity index (χ0v) is 20.2. The number of nitrogens with zero attached hydrogens (tertiary/aromatic N) is 1. The number of benzene rings is 2. The van der Waals surface area contributed by atoms with Crippen molar-refractivity contribution in [3.8, 4) is 5.75 Å². The van der Waals surface area contributed by atoms with E-state index in [0.717, 1.165) is 22.9 Å². The molecule has 0 heterocycles. The smallest absolute Gasteiger partial charge is 0.262 e. The second-order valence-corrected chi connectivity index (χ2v) is 8.67. The monoisotopic (exact) mass is 507 g/mol. The Kier molecular flexibility index (Phi) is 10.0. The summed E-state index contributed by atoms with van der Waals surface area (Å²) >= 11 is 9.30. The molecule has 6 nitrogen and oxygen atoms in total. The van der Waals surface area contributed by atoms with Crippen molar-refractivity contribution in [1.29, 1.82) is 0 Å². The molecule has 0 radical (unpaired) electrons. The van der Waals surface area contributed by atoms with Crippen molar-refractivity contribution in [2.75, 3.05) is 6.61 Å². The van der Waals surface area contributed by atoms with E-state index in [1.54, 1.807) is 24.3 Å². The predicted molar refractivity (Wildman–Crippen MR) is 128 cm³/mol. The molecule has 8 heteroatoms. The van der Waals surface area contributed by atoms with Crippen molar-refractivity contribution in [3.63, 3.8) is 0 Å². The van der Waals surface area contributed by atoms with Crippen LogP contribution in [0, 0.1) is 5.92 Å². The summed E-state index contributed by atoms with van der Waals surface area (Å²) in [6.45, 7) is 6.41. The number of carbonyl (C=O) groups is 2. The summed E-state index contributed by atoms with van der Waals surface area (Å²) in [7, 11) is 0. The molecule has 0 spiro atoms. The molecule has 1 unspecified atom stereocenters. The lowest BCUT2D eigenvalue weighted by Gasteiger charge is -2.20. The summed E-state index contributed by atoms with van der Waals surface area (Å²) < 4.78 is 6.67. The minimum absolute atomic E-state index is 0.134. The number of unbranched alkanes of at least 4 members (excludes halogenated alkanes) is 1. The first kappa shape index (κ1) is 24.9. The van der Waals surface area contributed by atoms with Crippen LogP contribution in [0.1, 0.15) is 49.5 Å². The van der Waals surface area contributed by atoms with Crippen molar-refractivity contribution in [2.45, 2.75) is 39.7 Å². The standard InChI is InChI=1S/C23H27BrClN3O3/c1-4-5-12-31-20-11-8-18(24)13-17(20)14-26-28-23(30)21(15(2)3)27-22(29)16-6-9-19(25)10-7-16/h6-11,13-15,21H,4-5,12H2,1-3H3,(H,27,29)(H,28,30). The van der Waals surface area contributed by atoms with E-state index < -0.39 is 11.9 Å². The highest BCUT2D eigenvalue weighted by Gasteiger charge is 2.24. The van der Waals surface area contributed by atoms with E-state index in [1.807, 2.05) is 32.0 Å². The molecule has 2 aromatic rings. The Morgan fingerprint density at radius 2 is 1.90 bits per heavy atom. The van der Waals surface area contributed by atoms with Gasteiger partial charge in [0.1, 0.15) is 11.8 Å². The van der Waals surface area contributed by atoms with Gasteiger partial charge in [-0.1, -0.05) is 54.7 Å². The first-order chi connectivity index (χ1) is 14.8. The van der Waals surface area contributed by atoms with E-state index in [1.165, 1.54) is 6.21 Å².